The Kier molecular flexibility index (Phi) is 3.62. The highest BCUT2D eigenvalue weighted by Gasteiger charge is 2.44. The van der Waals surface area contributed by atoms with Crippen molar-refractivity contribution in [2.45, 2.75) is 22.5 Å². The predicted molar refractivity (Wildman–Crippen MR) is 81.9 cm³/mol. The molecule has 1 aromatic carbocycles. The van der Waals surface area contributed by atoms with Crippen molar-refractivity contribution < 1.29 is 8.42 Å². The lowest BCUT2D eigenvalue weighted by molar-refractivity contribution is 0.569. The summed E-state index contributed by atoms with van der Waals surface area (Å²) >= 11 is 6.87. The van der Waals surface area contributed by atoms with Gasteiger partial charge in [0.1, 0.15) is 4.21 Å². The summed E-state index contributed by atoms with van der Waals surface area (Å²) in [4.78, 5) is 0. The van der Waals surface area contributed by atoms with Gasteiger partial charge in [0.05, 0.1) is 4.34 Å². The smallest absolute Gasteiger partial charge is 0.210 e. The Bertz CT molecular complexity index is 706. The largest absolute Gasteiger partial charge is 0.250 e. The van der Waals surface area contributed by atoms with Gasteiger partial charge in [-0.3, -0.25) is 0 Å². The van der Waals surface area contributed by atoms with E-state index >= 15 is 0 Å². The third-order valence-corrected chi connectivity index (χ3v) is 6.78. The lowest BCUT2D eigenvalue weighted by Gasteiger charge is -2.16. The zero-order valence-electron chi connectivity index (χ0n) is 10.7. The minimum Gasteiger partial charge on any atom is -0.210 e. The molecule has 0 atom stereocenters. The first-order valence-electron chi connectivity index (χ1n) is 6.32. The van der Waals surface area contributed by atoms with Crippen molar-refractivity contribution in [3.05, 3.63) is 52.4 Å². The number of hydrogen-bond acceptors (Lipinski definition) is 3. The molecule has 20 heavy (non-hydrogen) atoms. The number of halogens is 1. The summed E-state index contributed by atoms with van der Waals surface area (Å²) in [6.07, 6.45) is 2.04. The van der Waals surface area contributed by atoms with Gasteiger partial charge in [-0.15, -0.1) is 11.3 Å². The van der Waals surface area contributed by atoms with Crippen LogP contribution in [0, 0.1) is 0 Å². The first-order chi connectivity index (χ1) is 9.52. The molecule has 0 radical (unpaired) electrons. The molecular formula is C14H14ClNO2S2. The van der Waals surface area contributed by atoms with E-state index in [2.05, 4.69) is 16.9 Å². The van der Waals surface area contributed by atoms with E-state index in [0.29, 0.717) is 10.9 Å². The van der Waals surface area contributed by atoms with Crippen molar-refractivity contribution in [2.75, 3.05) is 6.54 Å². The molecule has 1 heterocycles. The summed E-state index contributed by atoms with van der Waals surface area (Å²) in [6.45, 7) is 0.439. The van der Waals surface area contributed by atoms with Crippen molar-refractivity contribution in [1.29, 1.82) is 0 Å². The molecule has 0 saturated heterocycles. The molecule has 0 amide bonds. The van der Waals surface area contributed by atoms with E-state index in [1.54, 1.807) is 6.07 Å². The average Bonchev–Trinajstić information content (AvgIpc) is 3.12. The first-order valence-corrected chi connectivity index (χ1v) is 9.00. The van der Waals surface area contributed by atoms with Gasteiger partial charge in [0.25, 0.3) is 0 Å². The van der Waals surface area contributed by atoms with Crippen LogP contribution in [0.4, 0.5) is 0 Å². The van der Waals surface area contributed by atoms with Gasteiger partial charge in [-0.05, 0) is 30.5 Å². The number of benzene rings is 1. The first kappa shape index (κ1) is 14.1. The number of rotatable bonds is 5. The van der Waals surface area contributed by atoms with Crippen LogP contribution in [0.2, 0.25) is 4.34 Å². The van der Waals surface area contributed by atoms with E-state index < -0.39 is 10.0 Å². The fourth-order valence-corrected chi connectivity index (χ4v) is 4.91. The predicted octanol–water partition coefficient (Wildman–Crippen LogP) is 3.41. The summed E-state index contributed by atoms with van der Waals surface area (Å²) in [5.41, 5.74) is 1.17. The quantitative estimate of drug-likeness (QED) is 0.914. The Balaban J connectivity index is 1.74. The Morgan fingerprint density at radius 3 is 2.40 bits per heavy atom. The third-order valence-electron chi connectivity index (χ3n) is 3.65. The minimum atomic E-state index is -3.46. The zero-order chi connectivity index (χ0) is 14.2. The maximum Gasteiger partial charge on any atom is 0.250 e. The molecule has 0 aliphatic heterocycles. The van der Waals surface area contributed by atoms with E-state index in [-0.39, 0.29) is 9.62 Å². The second-order valence-corrected chi connectivity index (χ2v) is 8.74. The molecule has 3 rings (SSSR count). The van der Waals surface area contributed by atoms with Crippen LogP contribution >= 0.6 is 22.9 Å². The van der Waals surface area contributed by atoms with E-state index in [0.717, 1.165) is 24.2 Å². The van der Waals surface area contributed by atoms with Gasteiger partial charge in [0.2, 0.25) is 10.0 Å². The second-order valence-electron chi connectivity index (χ2n) is 5.03. The summed E-state index contributed by atoms with van der Waals surface area (Å²) in [6, 6.07) is 13.2. The number of thiophene rings is 1. The molecule has 0 spiro atoms. The Morgan fingerprint density at radius 2 is 1.85 bits per heavy atom. The van der Waals surface area contributed by atoms with Crippen LogP contribution in [-0.2, 0) is 15.4 Å². The second kappa shape index (κ2) is 5.15. The Labute approximate surface area is 127 Å². The van der Waals surface area contributed by atoms with Gasteiger partial charge in [0, 0.05) is 12.0 Å². The normalized spacial score (nSPS) is 17.1. The SMILES string of the molecule is O=S(=O)(NCC1(c2ccccc2)CC1)c1ccc(Cl)s1. The zero-order valence-corrected chi connectivity index (χ0v) is 13.1. The highest BCUT2D eigenvalue weighted by atomic mass is 35.5. The number of nitrogens with one attached hydrogen (secondary N) is 1. The van der Waals surface area contributed by atoms with Crippen LogP contribution < -0.4 is 4.72 Å². The summed E-state index contributed by atoms with van der Waals surface area (Å²) in [7, 11) is -3.46. The fraction of sp³-hybridized carbons (Fsp3) is 0.286. The molecule has 1 aliphatic rings. The molecule has 1 saturated carbocycles. The van der Waals surface area contributed by atoms with Crippen molar-refractivity contribution >= 4 is 33.0 Å². The highest BCUT2D eigenvalue weighted by Crippen LogP contribution is 2.47. The standard InChI is InChI=1S/C14H14ClNO2S2/c15-12-6-7-13(19-12)20(17,18)16-10-14(8-9-14)11-4-2-1-3-5-11/h1-7,16H,8-10H2. The van der Waals surface area contributed by atoms with Crippen molar-refractivity contribution in [1.82, 2.24) is 4.72 Å². The van der Waals surface area contributed by atoms with Crippen LogP contribution in [0.5, 0.6) is 0 Å². The van der Waals surface area contributed by atoms with Crippen molar-refractivity contribution in [2.24, 2.45) is 0 Å². The molecule has 0 bridgehead atoms. The topological polar surface area (TPSA) is 46.2 Å². The average molecular weight is 328 g/mol. The summed E-state index contributed by atoms with van der Waals surface area (Å²) < 4.78 is 27.8. The number of hydrogen-bond donors (Lipinski definition) is 1. The molecule has 1 aliphatic carbocycles. The third kappa shape index (κ3) is 2.76. The summed E-state index contributed by atoms with van der Waals surface area (Å²) in [5, 5.41) is 0. The minimum absolute atomic E-state index is 0.0324. The van der Waals surface area contributed by atoms with E-state index in [1.807, 2.05) is 18.2 Å². The lowest BCUT2D eigenvalue weighted by Crippen LogP contribution is -2.31. The molecule has 1 N–H and O–H groups in total. The maximum atomic E-state index is 12.2. The lowest BCUT2D eigenvalue weighted by atomic mass is 9.96. The van der Waals surface area contributed by atoms with E-state index in [4.69, 9.17) is 11.6 Å². The summed E-state index contributed by atoms with van der Waals surface area (Å²) in [5.74, 6) is 0. The van der Waals surface area contributed by atoms with Crippen LogP contribution in [0.15, 0.2) is 46.7 Å². The monoisotopic (exact) mass is 327 g/mol. The molecule has 0 unspecified atom stereocenters. The van der Waals surface area contributed by atoms with Gasteiger partial charge in [0.15, 0.2) is 0 Å². The molecule has 2 aromatic rings. The maximum absolute atomic E-state index is 12.2. The van der Waals surface area contributed by atoms with E-state index in [9.17, 15) is 8.42 Å². The van der Waals surface area contributed by atoms with Crippen LogP contribution in [0.25, 0.3) is 0 Å². The Morgan fingerprint density at radius 1 is 1.15 bits per heavy atom. The molecular weight excluding hydrogens is 314 g/mol. The molecule has 106 valence electrons. The number of sulfonamides is 1. The Hall–Kier alpha value is -0.880. The van der Waals surface area contributed by atoms with Crippen molar-refractivity contribution in [3.8, 4) is 0 Å². The van der Waals surface area contributed by atoms with Gasteiger partial charge >= 0.3 is 0 Å². The van der Waals surface area contributed by atoms with Crippen LogP contribution in [0.3, 0.4) is 0 Å². The molecule has 1 aromatic heterocycles. The van der Waals surface area contributed by atoms with Crippen LogP contribution in [-0.4, -0.2) is 15.0 Å². The van der Waals surface area contributed by atoms with Crippen LogP contribution in [0.1, 0.15) is 18.4 Å². The van der Waals surface area contributed by atoms with Gasteiger partial charge in [-0.2, -0.15) is 0 Å². The van der Waals surface area contributed by atoms with Crippen molar-refractivity contribution in [3.63, 3.8) is 0 Å². The fourth-order valence-electron chi connectivity index (χ4n) is 2.26. The highest BCUT2D eigenvalue weighted by molar-refractivity contribution is 7.91. The molecule has 1 fully saturated rings. The van der Waals surface area contributed by atoms with Gasteiger partial charge in [-0.25, -0.2) is 13.1 Å². The van der Waals surface area contributed by atoms with Gasteiger partial charge < -0.3 is 0 Å². The molecule has 6 heteroatoms. The van der Waals surface area contributed by atoms with E-state index in [1.165, 1.54) is 11.6 Å². The van der Waals surface area contributed by atoms with Gasteiger partial charge in [-0.1, -0.05) is 41.9 Å². The molecule has 3 nitrogen and oxygen atoms in total.